The Labute approximate surface area is 272 Å². The Hall–Kier alpha value is -4.11. The number of rotatable bonds is 7. The van der Waals surface area contributed by atoms with Gasteiger partial charge in [-0.25, -0.2) is 22.0 Å². The molecule has 45 heavy (non-hydrogen) atoms. The molecule has 0 fully saturated rings. The molecule has 0 saturated carbocycles. The molecule has 7 nitrogen and oxygen atoms in total. The normalized spacial score (nSPS) is 12.5. The number of fused-ring (bicyclic) bond motifs is 2. The molecule has 0 amide bonds. The van der Waals surface area contributed by atoms with Crippen molar-refractivity contribution in [1.82, 2.24) is 3.97 Å². The van der Waals surface area contributed by atoms with E-state index in [-0.39, 0.29) is 49.3 Å². The Kier molecular flexibility index (Phi) is 8.86. The lowest BCUT2D eigenvalue weighted by Crippen LogP contribution is -2.24. The average Bonchev–Trinajstić information content (AvgIpc) is 3.30. The molecule has 10 heteroatoms. The average molecular weight is 665 g/mol. The van der Waals surface area contributed by atoms with Crippen molar-refractivity contribution in [2.45, 2.75) is 45.1 Å². The molecule has 5 aromatic rings. The Morgan fingerprint density at radius 2 is 1.60 bits per heavy atom. The molecule has 0 bridgehead atoms. The predicted octanol–water partition coefficient (Wildman–Crippen LogP) is 8.71. The number of hydrogen-bond donors (Lipinski definition) is 0. The van der Waals surface area contributed by atoms with Crippen molar-refractivity contribution in [3.8, 4) is 0 Å². The maximum atomic E-state index is 14.3. The summed E-state index contributed by atoms with van der Waals surface area (Å²) in [6.07, 6.45) is 1.45. The first-order valence-corrected chi connectivity index (χ1v) is 16.4. The van der Waals surface area contributed by atoms with E-state index in [0.717, 1.165) is 20.3 Å². The molecule has 0 radical (unpaired) electrons. The summed E-state index contributed by atoms with van der Waals surface area (Å²) in [6, 6.07) is 22.1. The Morgan fingerprint density at radius 1 is 0.933 bits per heavy atom. The van der Waals surface area contributed by atoms with Gasteiger partial charge in [0.15, 0.2) is 5.69 Å². The summed E-state index contributed by atoms with van der Waals surface area (Å²) in [5.41, 5.74) is 0.369. The van der Waals surface area contributed by atoms with Crippen LogP contribution >= 0.6 is 23.2 Å². The van der Waals surface area contributed by atoms with E-state index in [0.29, 0.717) is 5.56 Å². The smallest absolute Gasteiger partial charge is 0.356 e. The van der Waals surface area contributed by atoms with Gasteiger partial charge in [-0.2, -0.15) is 0 Å². The molecule has 0 aliphatic heterocycles. The van der Waals surface area contributed by atoms with Gasteiger partial charge < -0.3 is 9.47 Å². The molecule has 1 aromatic heterocycles. The zero-order valence-electron chi connectivity index (χ0n) is 25.4. The van der Waals surface area contributed by atoms with E-state index in [1.165, 1.54) is 30.3 Å². The lowest BCUT2D eigenvalue weighted by atomic mass is 9.95. The second-order valence-corrected chi connectivity index (χ2v) is 14.1. The van der Waals surface area contributed by atoms with E-state index in [9.17, 15) is 18.0 Å². The maximum absolute atomic E-state index is 14.3. The van der Waals surface area contributed by atoms with Crippen LogP contribution in [0.25, 0.3) is 33.3 Å². The molecule has 0 unspecified atom stereocenters. The molecule has 5 rings (SSSR count). The van der Waals surface area contributed by atoms with Crippen LogP contribution in [0.1, 0.15) is 54.9 Å². The largest absolute Gasteiger partial charge is 0.461 e. The van der Waals surface area contributed by atoms with Gasteiger partial charge in [-0.05, 0) is 81.3 Å². The number of halogens is 2. The van der Waals surface area contributed by atoms with Gasteiger partial charge in [-0.15, -0.1) is 0 Å². The highest BCUT2D eigenvalue weighted by molar-refractivity contribution is 7.90. The Morgan fingerprint density at radius 3 is 2.27 bits per heavy atom. The van der Waals surface area contributed by atoms with E-state index in [1.807, 2.05) is 37.3 Å². The van der Waals surface area contributed by atoms with E-state index in [4.69, 9.17) is 32.7 Å². The number of ether oxygens (including phenoxy) is 2. The van der Waals surface area contributed by atoms with Crippen molar-refractivity contribution in [2.24, 2.45) is 0 Å². The zero-order chi connectivity index (χ0) is 32.7. The molecule has 0 saturated heterocycles. The van der Waals surface area contributed by atoms with Crippen LogP contribution in [0.2, 0.25) is 10.0 Å². The fraction of sp³-hybridized carbons (Fsp3) is 0.200. The van der Waals surface area contributed by atoms with Crippen molar-refractivity contribution in [3.63, 3.8) is 0 Å². The molecular formula is C35H31Cl2NO6S. The number of aromatic nitrogens is 1. The van der Waals surface area contributed by atoms with Crippen molar-refractivity contribution < 1.29 is 27.5 Å². The Balaban J connectivity index is 1.96. The minimum atomic E-state index is -4.42. The van der Waals surface area contributed by atoms with Crippen molar-refractivity contribution >= 4 is 78.5 Å². The molecule has 0 spiro atoms. The molecule has 0 aliphatic rings. The van der Waals surface area contributed by atoms with Crippen LogP contribution < -0.4 is 0 Å². The number of nitrogens with zero attached hydrogens (tertiary/aromatic N) is 1. The van der Waals surface area contributed by atoms with Crippen LogP contribution in [0.5, 0.6) is 0 Å². The summed E-state index contributed by atoms with van der Waals surface area (Å²) in [6.45, 7) is 8.64. The van der Waals surface area contributed by atoms with Crippen LogP contribution in [0.4, 0.5) is 0 Å². The van der Waals surface area contributed by atoms with Gasteiger partial charge >= 0.3 is 11.9 Å². The van der Waals surface area contributed by atoms with Gasteiger partial charge in [0.1, 0.15) is 5.60 Å². The summed E-state index contributed by atoms with van der Waals surface area (Å²) in [5, 5.41) is 2.04. The number of carbonyl (C=O) groups is 2. The van der Waals surface area contributed by atoms with Gasteiger partial charge in [0.25, 0.3) is 10.0 Å². The van der Waals surface area contributed by atoms with Gasteiger partial charge in [0, 0.05) is 16.0 Å². The summed E-state index contributed by atoms with van der Waals surface area (Å²) in [7, 11) is -4.42. The van der Waals surface area contributed by atoms with Crippen LogP contribution in [-0.4, -0.2) is 36.5 Å². The van der Waals surface area contributed by atoms with Crippen LogP contribution in [0.15, 0.2) is 83.8 Å². The topological polar surface area (TPSA) is 91.7 Å². The first-order chi connectivity index (χ1) is 21.2. The third-order valence-corrected chi connectivity index (χ3v) is 9.24. The number of benzene rings is 4. The molecular weight excluding hydrogens is 633 g/mol. The van der Waals surface area contributed by atoms with Crippen molar-refractivity contribution in [2.75, 3.05) is 6.61 Å². The second-order valence-electron chi connectivity index (χ2n) is 11.4. The fourth-order valence-corrected chi connectivity index (χ4v) is 7.21. The first-order valence-electron chi connectivity index (χ1n) is 14.2. The van der Waals surface area contributed by atoms with Gasteiger partial charge in [0.2, 0.25) is 0 Å². The molecule has 1 heterocycles. The SMILES string of the molecule is CCOC(=O)c1c(C=C(C(=O)OC(C)(C)C)c2cccc3ccccc23)c2c(Cl)cc(Cl)cc2n1S(=O)(=O)c1ccc(C)cc1. The highest BCUT2D eigenvalue weighted by Gasteiger charge is 2.33. The van der Waals surface area contributed by atoms with Crippen LogP contribution in [-0.2, 0) is 24.3 Å². The van der Waals surface area contributed by atoms with E-state index >= 15 is 0 Å². The molecule has 0 aliphatic carbocycles. The lowest BCUT2D eigenvalue weighted by Gasteiger charge is -2.21. The number of esters is 2. The molecule has 4 aromatic carbocycles. The van der Waals surface area contributed by atoms with E-state index < -0.39 is 27.6 Å². The summed E-state index contributed by atoms with van der Waals surface area (Å²) in [4.78, 5) is 27.7. The number of carbonyl (C=O) groups excluding carboxylic acids is 2. The first kappa shape index (κ1) is 32.3. The third-order valence-electron chi connectivity index (χ3n) is 7.00. The summed E-state index contributed by atoms with van der Waals surface area (Å²) in [5.74, 6) is -1.61. The van der Waals surface area contributed by atoms with Crippen LogP contribution in [0.3, 0.4) is 0 Å². The highest BCUT2D eigenvalue weighted by atomic mass is 35.5. The maximum Gasteiger partial charge on any atom is 0.356 e. The lowest BCUT2D eigenvalue weighted by molar-refractivity contribution is -0.147. The number of aryl methyl sites for hydroxylation is 1. The Bertz CT molecular complexity index is 2100. The minimum absolute atomic E-state index is 0.0369. The predicted molar refractivity (Wildman–Crippen MR) is 179 cm³/mol. The molecule has 0 N–H and O–H groups in total. The number of hydrogen-bond acceptors (Lipinski definition) is 6. The van der Waals surface area contributed by atoms with E-state index in [1.54, 1.807) is 52.0 Å². The third kappa shape index (κ3) is 6.36. The van der Waals surface area contributed by atoms with Crippen molar-refractivity contribution in [1.29, 1.82) is 0 Å². The molecule has 0 atom stereocenters. The summed E-state index contributed by atoms with van der Waals surface area (Å²) >= 11 is 13.2. The highest BCUT2D eigenvalue weighted by Crippen LogP contribution is 2.40. The second kappa shape index (κ2) is 12.4. The van der Waals surface area contributed by atoms with Gasteiger partial charge in [-0.3, -0.25) is 0 Å². The van der Waals surface area contributed by atoms with Crippen LogP contribution in [0, 0.1) is 6.92 Å². The fourth-order valence-electron chi connectivity index (χ4n) is 5.12. The van der Waals surface area contributed by atoms with Gasteiger partial charge in [-0.1, -0.05) is 83.4 Å². The van der Waals surface area contributed by atoms with Gasteiger partial charge in [0.05, 0.1) is 27.6 Å². The van der Waals surface area contributed by atoms with E-state index in [2.05, 4.69) is 0 Å². The van der Waals surface area contributed by atoms with Crippen molar-refractivity contribution in [3.05, 3.63) is 111 Å². The standard InChI is InChI=1S/C35H31Cl2NO6S/c1-6-43-34(40)32-28(20-27(33(39)44-35(3,4)5)26-13-9-11-22-10-7-8-12-25(22)26)31-29(37)18-23(36)19-30(31)38(32)45(41,42)24-16-14-21(2)15-17-24/h7-20H,6H2,1-5H3. The monoisotopic (exact) mass is 663 g/mol. The minimum Gasteiger partial charge on any atom is -0.461 e. The molecule has 232 valence electrons. The summed E-state index contributed by atoms with van der Waals surface area (Å²) < 4.78 is 40.8. The zero-order valence-corrected chi connectivity index (χ0v) is 27.7. The quantitative estimate of drug-likeness (QED) is 0.128.